The van der Waals surface area contributed by atoms with Crippen LogP contribution < -0.4 is 4.72 Å². The van der Waals surface area contributed by atoms with Gasteiger partial charge in [0.05, 0.1) is 0 Å². The highest BCUT2D eigenvalue weighted by atomic mass is 32.2. The quantitative estimate of drug-likeness (QED) is 0.406. The Labute approximate surface area is 55.5 Å². The third-order valence-corrected chi connectivity index (χ3v) is 1.36. The molecule has 0 rings (SSSR count). The highest BCUT2D eigenvalue weighted by molar-refractivity contribution is 7.90. The van der Waals surface area contributed by atoms with Gasteiger partial charge in [-0.25, -0.2) is 8.99 Å². The van der Waals surface area contributed by atoms with Crippen LogP contribution in [0.1, 0.15) is 6.92 Å². The minimum Gasteiger partial charge on any atom is -0.288 e. The van der Waals surface area contributed by atoms with Gasteiger partial charge >= 0.3 is 0 Å². The molecule has 0 aromatic rings. The number of amidine groups is 1. The van der Waals surface area contributed by atoms with Crippen LogP contribution in [0.15, 0.2) is 4.99 Å². The molecule has 0 amide bonds. The van der Waals surface area contributed by atoms with Crippen molar-refractivity contribution in [2.24, 2.45) is 4.99 Å². The van der Waals surface area contributed by atoms with Crippen molar-refractivity contribution in [2.75, 3.05) is 13.3 Å². The molecular weight excluding hydrogens is 138 g/mol. The van der Waals surface area contributed by atoms with E-state index in [1.54, 1.807) is 14.0 Å². The number of nitrogens with one attached hydrogen (secondary N) is 2. The normalized spacial score (nSPS) is 18.8. The standard InChI is InChI=1S/C4H11N3OS/c1-4(6-2)7-9(3,5)8/h1-3H3,(H2,5,6,7,8). The van der Waals surface area contributed by atoms with Crippen LogP contribution in [-0.4, -0.2) is 23.3 Å². The van der Waals surface area contributed by atoms with Gasteiger partial charge in [-0.1, -0.05) is 0 Å². The minimum absolute atomic E-state index is 0.525. The zero-order chi connectivity index (χ0) is 7.49. The third-order valence-electron chi connectivity index (χ3n) is 0.678. The van der Waals surface area contributed by atoms with Crippen molar-refractivity contribution in [1.82, 2.24) is 4.72 Å². The van der Waals surface area contributed by atoms with Gasteiger partial charge in [0.15, 0.2) is 0 Å². The molecule has 0 fully saturated rings. The molecule has 0 saturated heterocycles. The van der Waals surface area contributed by atoms with E-state index in [1.807, 2.05) is 0 Å². The molecular formula is C4H11N3OS. The van der Waals surface area contributed by atoms with Gasteiger partial charge in [-0.05, 0) is 6.92 Å². The van der Waals surface area contributed by atoms with Crippen molar-refractivity contribution in [3.8, 4) is 0 Å². The van der Waals surface area contributed by atoms with Crippen LogP contribution in [0.4, 0.5) is 0 Å². The average Bonchev–Trinajstić information content (AvgIpc) is 1.62. The molecule has 0 aliphatic rings. The summed E-state index contributed by atoms with van der Waals surface area (Å²) in [6.45, 7) is 1.66. The third kappa shape index (κ3) is 5.29. The Hall–Kier alpha value is -0.580. The topological polar surface area (TPSA) is 65.3 Å². The van der Waals surface area contributed by atoms with Crippen LogP contribution in [0.3, 0.4) is 0 Å². The van der Waals surface area contributed by atoms with Gasteiger partial charge in [0.1, 0.15) is 15.8 Å². The number of rotatable bonds is 1. The van der Waals surface area contributed by atoms with E-state index >= 15 is 0 Å². The first-order valence-electron chi connectivity index (χ1n) is 2.40. The van der Waals surface area contributed by atoms with Gasteiger partial charge in [0.2, 0.25) is 0 Å². The second-order valence-electron chi connectivity index (χ2n) is 1.75. The summed E-state index contributed by atoms with van der Waals surface area (Å²) in [7, 11) is -1.04. The Morgan fingerprint density at radius 3 is 2.33 bits per heavy atom. The highest BCUT2D eigenvalue weighted by Crippen LogP contribution is 1.76. The van der Waals surface area contributed by atoms with Crippen LogP contribution in [0, 0.1) is 4.78 Å². The molecule has 0 spiro atoms. The summed E-state index contributed by atoms with van der Waals surface area (Å²) in [5.74, 6) is 0.525. The molecule has 1 unspecified atom stereocenters. The zero-order valence-electron chi connectivity index (χ0n) is 5.76. The second kappa shape index (κ2) is 2.82. The van der Waals surface area contributed by atoms with Gasteiger partial charge < -0.3 is 0 Å². The maximum atomic E-state index is 10.6. The van der Waals surface area contributed by atoms with E-state index in [9.17, 15) is 4.21 Å². The largest absolute Gasteiger partial charge is 0.288 e. The predicted octanol–water partition coefficient (Wildman–Crippen LogP) is 0.216. The van der Waals surface area contributed by atoms with E-state index < -0.39 is 9.92 Å². The fourth-order valence-corrected chi connectivity index (χ4v) is 0.983. The van der Waals surface area contributed by atoms with Crippen LogP contribution in [0.2, 0.25) is 0 Å². The Morgan fingerprint density at radius 2 is 2.22 bits per heavy atom. The number of aliphatic imine (C=N–C) groups is 1. The van der Waals surface area contributed by atoms with Crippen LogP contribution in [-0.2, 0) is 9.92 Å². The van der Waals surface area contributed by atoms with Crippen molar-refractivity contribution in [1.29, 1.82) is 4.78 Å². The van der Waals surface area contributed by atoms with E-state index in [0.717, 1.165) is 0 Å². The molecule has 54 valence electrons. The molecule has 0 bridgehead atoms. The summed E-state index contributed by atoms with van der Waals surface area (Å²) in [5, 5.41) is 0. The molecule has 0 aliphatic carbocycles. The first-order valence-corrected chi connectivity index (χ1v) is 4.37. The van der Waals surface area contributed by atoms with Gasteiger partial charge in [0, 0.05) is 13.3 Å². The highest BCUT2D eigenvalue weighted by Gasteiger charge is 1.93. The average molecular weight is 149 g/mol. The summed E-state index contributed by atoms with van der Waals surface area (Å²) < 4.78 is 19.9. The zero-order valence-corrected chi connectivity index (χ0v) is 6.58. The Balaban J connectivity index is 4.07. The lowest BCUT2D eigenvalue weighted by Gasteiger charge is -2.02. The van der Waals surface area contributed by atoms with Crippen LogP contribution in [0.25, 0.3) is 0 Å². The van der Waals surface area contributed by atoms with E-state index in [2.05, 4.69) is 9.71 Å². The second-order valence-corrected chi connectivity index (χ2v) is 3.65. The SMILES string of the molecule is C/N=C(\C)NS(C)(=N)=O. The van der Waals surface area contributed by atoms with Crippen molar-refractivity contribution < 1.29 is 4.21 Å². The number of hydrogen-bond acceptors (Lipinski definition) is 3. The Morgan fingerprint density at radius 1 is 1.78 bits per heavy atom. The van der Waals surface area contributed by atoms with E-state index in [0.29, 0.717) is 5.84 Å². The Kier molecular flexibility index (Phi) is 2.64. The van der Waals surface area contributed by atoms with Gasteiger partial charge in [0.25, 0.3) is 0 Å². The lowest BCUT2D eigenvalue weighted by molar-refractivity contribution is 0.676. The molecule has 0 aliphatic heterocycles. The summed E-state index contributed by atoms with van der Waals surface area (Å²) in [6.07, 6.45) is 1.31. The lowest BCUT2D eigenvalue weighted by atomic mass is 10.7. The maximum absolute atomic E-state index is 10.6. The molecule has 0 radical (unpaired) electrons. The molecule has 5 heteroatoms. The fourth-order valence-electron chi connectivity index (χ4n) is 0.328. The first-order chi connectivity index (χ1) is 3.95. The number of hydrogen-bond donors (Lipinski definition) is 2. The van der Waals surface area contributed by atoms with E-state index in [1.165, 1.54) is 6.26 Å². The lowest BCUT2D eigenvalue weighted by Crippen LogP contribution is -2.25. The van der Waals surface area contributed by atoms with E-state index in [4.69, 9.17) is 4.78 Å². The molecule has 4 nitrogen and oxygen atoms in total. The van der Waals surface area contributed by atoms with Gasteiger partial charge in [-0.2, -0.15) is 0 Å². The summed E-state index contributed by atoms with van der Waals surface area (Å²) in [6, 6.07) is 0. The van der Waals surface area contributed by atoms with Gasteiger partial charge in [-0.3, -0.25) is 9.71 Å². The predicted molar refractivity (Wildman–Crippen MR) is 39.0 cm³/mol. The maximum Gasteiger partial charge on any atom is 0.124 e. The summed E-state index contributed by atoms with van der Waals surface area (Å²) in [5.41, 5.74) is 0. The van der Waals surface area contributed by atoms with Crippen molar-refractivity contribution in [3.05, 3.63) is 0 Å². The molecule has 0 saturated carbocycles. The van der Waals surface area contributed by atoms with Crippen molar-refractivity contribution in [3.63, 3.8) is 0 Å². The van der Waals surface area contributed by atoms with Gasteiger partial charge in [-0.15, -0.1) is 0 Å². The van der Waals surface area contributed by atoms with Crippen LogP contribution in [0.5, 0.6) is 0 Å². The Bertz CT molecular complexity index is 204. The molecule has 0 heterocycles. The smallest absolute Gasteiger partial charge is 0.124 e. The van der Waals surface area contributed by atoms with Crippen molar-refractivity contribution in [2.45, 2.75) is 6.92 Å². The molecule has 0 aromatic carbocycles. The van der Waals surface area contributed by atoms with E-state index in [-0.39, 0.29) is 0 Å². The number of nitrogens with zero attached hydrogens (tertiary/aromatic N) is 1. The van der Waals surface area contributed by atoms with Crippen LogP contribution >= 0.6 is 0 Å². The summed E-state index contributed by atoms with van der Waals surface area (Å²) in [4.78, 5) is 3.68. The summed E-state index contributed by atoms with van der Waals surface area (Å²) >= 11 is 0. The molecule has 2 N–H and O–H groups in total. The minimum atomic E-state index is -2.62. The first kappa shape index (κ1) is 8.42. The molecule has 9 heavy (non-hydrogen) atoms. The molecule has 1 atom stereocenters. The molecule has 0 aromatic heterocycles. The monoisotopic (exact) mass is 149 g/mol. The van der Waals surface area contributed by atoms with Crippen molar-refractivity contribution >= 4 is 15.8 Å². The fraction of sp³-hybridized carbons (Fsp3) is 0.750.